The lowest BCUT2D eigenvalue weighted by Crippen LogP contribution is -2.36. The fourth-order valence-electron chi connectivity index (χ4n) is 1.16. The molecule has 1 rings (SSSR count). The maximum absolute atomic E-state index is 12.0. The molecule has 4 nitrogen and oxygen atoms in total. The topological polar surface area (TPSA) is 72.2 Å². The lowest BCUT2D eigenvalue weighted by Gasteiger charge is -2.17. The number of rotatable bonds is 5. The Bertz CT molecular complexity index is 437. The van der Waals surface area contributed by atoms with Crippen LogP contribution in [0.15, 0.2) is 16.3 Å². The first-order chi connectivity index (χ1) is 7.38. The third-order valence-electron chi connectivity index (χ3n) is 2.52. The molecule has 0 aliphatic heterocycles. The van der Waals surface area contributed by atoms with E-state index < -0.39 is 10.0 Å². The van der Waals surface area contributed by atoms with Gasteiger partial charge in [0.15, 0.2) is 0 Å². The van der Waals surface area contributed by atoms with Crippen LogP contribution in [0.1, 0.15) is 25.6 Å². The van der Waals surface area contributed by atoms with Crippen molar-refractivity contribution in [2.45, 2.75) is 38.3 Å². The van der Waals surface area contributed by atoms with E-state index in [9.17, 15) is 8.42 Å². The molecule has 1 aromatic heterocycles. The van der Waals surface area contributed by atoms with Crippen molar-refractivity contribution >= 4 is 21.4 Å². The molecule has 0 radical (unpaired) electrons. The third-order valence-corrected chi connectivity index (χ3v) is 5.24. The summed E-state index contributed by atoms with van der Waals surface area (Å²) in [4.78, 5) is 1.01. The fourth-order valence-corrected chi connectivity index (χ4v) is 3.89. The van der Waals surface area contributed by atoms with Gasteiger partial charge in [-0.2, -0.15) is 0 Å². The van der Waals surface area contributed by atoms with Gasteiger partial charge in [-0.1, -0.05) is 13.8 Å². The van der Waals surface area contributed by atoms with Crippen LogP contribution in [0.4, 0.5) is 0 Å². The molecule has 0 saturated carbocycles. The number of sulfonamides is 1. The van der Waals surface area contributed by atoms with Crippen molar-refractivity contribution in [1.29, 1.82) is 0 Å². The number of hydrogen-bond acceptors (Lipinski definition) is 4. The van der Waals surface area contributed by atoms with E-state index >= 15 is 0 Å². The van der Waals surface area contributed by atoms with E-state index in [1.165, 1.54) is 11.3 Å². The van der Waals surface area contributed by atoms with Crippen molar-refractivity contribution in [3.8, 4) is 0 Å². The van der Waals surface area contributed by atoms with E-state index in [1.807, 2.05) is 20.8 Å². The highest BCUT2D eigenvalue weighted by Crippen LogP contribution is 2.21. The molecule has 3 N–H and O–H groups in total. The molecule has 0 bridgehead atoms. The van der Waals surface area contributed by atoms with E-state index in [0.717, 1.165) is 0 Å². The first kappa shape index (κ1) is 13.6. The molecule has 0 amide bonds. The van der Waals surface area contributed by atoms with Crippen molar-refractivity contribution in [3.05, 3.63) is 16.3 Å². The SMILES string of the molecule is CC(C)C(C)NS(=O)(=O)c1ccsc1CN. The van der Waals surface area contributed by atoms with Crippen LogP contribution in [0.3, 0.4) is 0 Å². The van der Waals surface area contributed by atoms with Gasteiger partial charge in [0.1, 0.15) is 0 Å². The number of hydrogen-bond donors (Lipinski definition) is 2. The Kier molecular flexibility index (Phi) is 4.49. The van der Waals surface area contributed by atoms with Crippen LogP contribution in [0.2, 0.25) is 0 Å². The van der Waals surface area contributed by atoms with Crippen LogP contribution in [0, 0.1) is 5.92 Å². The molecule has 0 aliphatic carbocycles. The molecule has 6 heteroatoms. The second-order valence-corrected chi connectivity index (χ2v) is 6.75. The first-order valence-electron chi connectivity index (χ1n) is 5.17. The van der Waals surface area contributed by atoms with Gasteiger partial charge in [-0.25, -0.2) is 13.1 Å². The van der Waals surface area contributed by atoms with Crippen molar-refractivity contribution in [2.24, 2.45) is 11.7 Å². The second-order valence-electron chi connectivity index (χ2n) is 4.07. The largest absolute Gasteiger partial charge is 0.326 e. The maximum Gasteiger partial charge on any atom is 0.241 e. The summed E-state index contributed by atoms with van der Waals surface area (Å²) in [6, 6.07) is 1.51. The molecule has 0 fully saturated rings. The quantitative estimate of drug-likeness (QED) is 0.845. The Morgan fingerprint density at radius 2 is 2.06 bits per heavy atom. The van der Waals surface area contributed by atoms with Crippen LogP contribution in [-0.2, 0) is 16.6 Å². The summed E-state index contributed by atoms with van der Waals surface area (Å²) in [6.45, 7) is 6.07. The zero-order chi connectivity index (χ0) is 12.3. The Morgan fingerprint density at radius 3 is 2.56 bits per heavy atom. The van der Waals surface area contributed by atoms with Gasteiger partial charge in [0, 0.05) is 17.5 Å². The summed E-state index contributed by atoms with van der Waals surface area (Å²) in [5, 5.41) is 1.75. The minimum Gasteiger partial charge on any atom is -0.326 e. The highest BCUT2D eigenvalue weighted by atomic mass is 32.2. The Hall–Kier alpha value is -0.430. The average molecular weight is 262 g/mol. The Morgan fingerprint density at radius 1 is 1.44 bits per heavy atom. The predicted molar refractivity (Wildman–Crippen MR) is 66.8 cm³/mol. The zero-order valence-corrected chi connectivity index (χ0v) is 11.4. The van der Waals surface area contributed by atoms with E-state index in [4.69, 9.17) is 5.73 Å². The van der Waals surface area contributed by atoms with Crippen LogP contribution >= 0.6 is 11.3 Å². The Balaban J connectivity index is 2.95. The number of nitrogens with one attached hydrogen (secondary N) is 1. The van der Waals surface area contributed by atoms with E-state index in [0.29, 0.717) is 9.77 Å². The van der Waals surface area contributed by atoms with Crippen LogP contribution in [0.5, 0.6) is 0 Å². The summed E-state index contributed by atoms with van der Waals surface area (Å²) in [7, 11) is -3.42. The predicted octanol–water partition coefficient (Wildman–Crippen LogP) is 1.53. The van der Waals surface area contributed by atoms with Crippen molar-refractivity contribution < 1.29 is 8.42 Å². The summed E-state index contributed by atoms with van der Waals surface area (Å²) in [6.07, 6.45) is 0. The van der Waals surface area contributed by atoms with E-state index in [-0.39, 0.29) is 18.5 Å². The first-order valence-corrected chi connectivity index (χ1v) is 7.53. The summed E-state index contributed by atoms with van der Waals surface area (Å²) in [5.74, 6) is 0.259. The van der Waals surface area contributed by atoms with Gasteiger partial charge in [-0.3, -0.25) is 0 Å². The van der Waals surface area contributed by atoms with Crippen LogP contribution in [0.25, 0.3) is 0 Å². The highest BCUT2D eigenvalue weighted by Gasteiger charge is 2.22. The van der Waals surface area contributed by atoms with Crippen molar-refractivity contribution in [2.75, 3.05) is 0 Å². The summed E-state index contributed by atoms with van der Waals surface area (Å²) in [5.41, 5.74) is 5.50. The Labute approximate surface area is 101 Å². The minimum atomic E-state index is -3.42. The van der Waals surface area contributed by atoms with Crippen molar-refractivity contribution in [3.63, 3.8) is 0 Å². The molecular formula is C10H18N2O2S2. The molecule has 0 saturated heterocycles. The van der Waals surface area contributed by atoms with Gasteiger partial charge in [0.2, 0.25) is 10.0 Å². The monoisotopic (exact) mass is 262 g/mol. The zero-order valence-electron chi connectivity index (χ0n) is 9.73. The molecule has 1 heterocycles. The lowest BCUT2D eigenvalue weighted by molar-refractivity contribution is 0.476. The smallest absolute Gasteiger partial charge is 0.241 e. The summed E-state index contributed by atoms with van der Waals surface area (Å²) < 4.78 is 26.7. The molecule has 0 aliphatic rings. The molecule has 92 valence electrons. The van der Waals surface area contributed by atoms with Crippen molar-refractivity contribution in [1.82, 2.24) is 4.72 Å². The molecule has 0 aromatic carbocycles. The second kappa shape index (κ2) is 5.27. The molecule has 0 spiro atoms. The molecular weight excluding hydrogens is 244 g/mol. The van der Waals surface area contributed by atoms with E-state index in [1.54, 1.807) is 11.4 Å². The summed E-state index contributed by atoms with van der Waals surface area (Å²) >= 11 is 1.37. The van der Waals surface area contributed by atoms with Gasteiger partial charge >= 0.3 is 0 Å². The van der Waals surface area contributed by atoms with Gasteiger partial charge in [0.05, 0.1) is 4.90 Å². The fraction of sp³-hybridized carbons (Fsp3) is 0.600. The number of thiophene rings is 1. The maximum atomic E-state index is 12.0. The minimum absolute atomic E-state index is 0.0875. The standard InChI is InChI=1S/C10H18N2O2S2/c1-7(2)8(3)12-16(13,14)10-4-5-15-9(10)6-11/h4-5,7-8,12H,6,11H2,1-3H3. The third kappa shape index (κ3) is 3.04. The molecule has 1 atom stereocenters. The normalized spacial score (nSPS) is 14.3. The lowest BCUT2D eigenvalue weighted by atomic mass is 10.1. The van der Waals surface area contributed by atoms with Crippen LogP contribution in [-0.4, -0.2) is 14.5 Å². The molecule has 1 aromatic rings. The van der Waals surface area contributed by atoms with Crippen LogP contribution < -0.4 is 10.5 Å². The molecule has 1 unspecified atom stereocenters. The van der Waals surface area contributed by atoms with E-state index in [2.05, 4.69) is 4.72 Å². The highest BCUT2D eigenvalue weighted by molar-refractivity contribution is 7.89. The average Bonchev–Trinajstić information content (AvgIpc) is 2.64. The number of nitrogens with two attached hydrogens (primary N) is 1. The van der Waals surface area contributed by atoms with Gasteiger partial charge in [-0.05, 0) is 24.3 Å². The van der Waals surface area contributed by atoms with Gasteiger partial charge < -0.3 is 5.73 Å². The van der Waals surface area contributed by atoms with Gasteiger partial charge in [0.25, 0.3) is 0 Å². The molecule has 16 heavy (non-hydrogen) atoms. The van der Waals surface area contributed by atoms with Gasteiger partial charge in [-0.15, -0.1) is 11.3 Å².